The molecule has 7 nitrogen and oxygen atoms in total. The Balaban J connectivity index is 2.05. The van der Waals surface area contributed by atoms with Crippen LogP contribution < -0.4 is 14.8 Å². The van der Waals surface area contributed by atoms with Crippen LogP contribution in [0, 0.1) is 0 Å². The molecule has 8 heteroatoms. The van der Waals surface area contributed by atoms with E-state index < -0.39 is 16.1 Å². The zero-order valence-corrected chi connectivity index (χ0v) is 17.5. The van der Waals surface area contributed by atoms with Gasteiger partial charge < -0.3 is 10.1 Å². The highest BCUT2D eigenvalue weighted by atomic mass is 32.2. The van der Waals surface area contributed by atoms with E-state index in [1.165, 1.54) is 19.1 Å². The summed E-state index contributed by atoms with van der Waals surface area (Å²) >= 11 is 0. The normalized spacial score (nSPS) is 12.2. The lowest BCUT2D eigenvalue weighted by atomic mass is 10.0. The van der Waals surface area contributed by atoms with E-state index in [4.69, 9.17) is 4.74 Å². The second kappa shape index (κ2) is 9.51. The zero-order valence-electron chi connectivity index (χ0n) is 16.7. The molecular weight excluding hydrogens is 402 g/mol. The lowest BCUT2D eigenvalue weighted by molar-refractivity contribution is -0.114. The molecule has 3 aromatic rings. The molecule has 0 unspecified atom stereocenters. The molecule has 2 aromatic carbocycles. The number of pyridine rings is 1. The fraction of sp³-hybridized carbons (Fsp3) is 0.182. The van der Waals surface area contributed by atoms with E-state index >= 15 is 0 Å². The highest BCUT2D eigenvalue weighted by Crippen LogP contribution is 2.30. The summed E-state index contributed by atoms with van der Waals surface area (Å²) in [5, 5.41) is 2.60. The van der Waals surface area contributed by atoms with Crippen LogP contribution in [0.25, 0.3) is 0 Å². The third-order valence-corrected chi connectivity index (χ3v) is 5.69. The van der Waals surface area contributed by atoms with Crippen molar-refractivity contribution in [2.45, 2.75) is 24.8 Å². The van der Waals surface area contributed by atoms with E-state index in [0.29, 0.717) is 18.0 Å². The van der Waals surface area contributed by atoms with Gasteiger partial charge in [-0.15, -0.1) is 0 Å². The Bertz CT molecular complexity index is 1060. The van der Waals surface area contributed by atoms with Gasteiger partial charge in [0, 0.05) is 18.8 Å². The molecule has 0 fully saturated rings. The molecule has 0 saturated carbocycles. The molecule has 3 rings (SSSR count). The number of nitrogens with zero attached hydrogens (tertiary/aromatic N) is 1. The van der Waals surface area contributed by atoms with Crippen molar-refractivity contribution < 1.29 is 17.9 Å². The summed E-state index contributed by atoms with van der Waals surface area (Å²) in [6.07, 6.45) is 1.61. The first-order valence-electron chi connectivity index (χ1n) is 9.43. The molecule has 1 amide bonds. The second-order valence-corrected chi connectivity index (χ2v) is 8.18. The average Bonchev–Trinajstić information content (AvgIpc) is 2.74. The van der Waals surface area contributed by atoms with E-state index in [0.717, 1.165) is 5.56 Å². The van der Waals surface area contributed by atoms with Crippen molar-refractivity contribution >= 4 is 21.6 Å². The Hall–Kier alpha value is -3.23. The minimum atomic E-state index is -4.03. The maximum atomic E-state index is 13.4. The van der Waals surface area contributed by atoms with E-state index in [1.807, 2.05) is 30.3 Å². The number of hydrogen-bond donors (Lipinski definition) is 2. The first-order chi connectivity index (χ1) is 14.4. The highest BCUT2D eigenvalue weighted by Gasteiger charge is 2.27. The van der Waals surface area contributed by atoms with Gasteiger partial charge in [0.1, 0.15) is 10.6 Å². The molecule has 1 aromatic heterocycles. The summed E-state index contributed by atoms with van der Waals surface area (Å²) < 4.78 is 35.1. The number of carbonyl (C=O) groups excluding carboxylic acids is 1. The molecule has 0 aliphatic rings. The maximum Gasteiger partial charge on any atom is 0.245 e. The number of anilines is 1. The fourth-order valence-electron chi connectivity index (χ4n) is 2.98. The SMILES string of the molecule is CCOc1ccc(NC(C)=O)cc1S(=O)(=O)N[C@@H](c1ccccc1)c1ccccn1. The smallest absolute Gasteiger partial charge is 0.245 e. The van der Waals surface area contributed by atoms with Crippen LogP contribution in [0.5, 0.6) is 5.75 Å². The topological polar surface area (TPSA) is 97.4 Å². The third kappa shape index (κ3) is 5.22. The predicted molar refractivity (Wildman–Crippen MR) is 115 cm³/mol. The number of carbonyl (C=O) groups is 1. The summed E-state index contributed by atoms with van der Waals surface area (Å²) in [4.78, 5) is 15.7. The van der Waals surface area contributed by atoms with Crippen molar-refractivity contribution in [3.8, 4) is 5.75 Å². The first-order valence-corrected chi connectivity index (χ1v) is 10.9. The number of sulfonamides is 1. The first kappa shape index (κ1) is 21.5. The van der Waals surface area contributed by atoms with Gasteiger partial charge in [-0.2, -0.15) is 4.72 Å². The van der Waals surface area contributed by atoms with Gasteiger partial charge in [0.05, 0.1) is 18.3 Å². The minimum absolute atomic E-state index is 0.0625. The van der Waals surface area contributed by atoms with Crippen molar-refractivity contribution in [1.82, 2.24) is 9.71 Å². The Labute approximate surface area is 176 Å². The third-order valence-electron chi connectivity index (χ3n) is 4.24. The lowest BCUT2D eigenvalue weighted by Crippen LogP contribution is -2.30. The van der Waals surface area contributed by atoms with Crippen LogP contribution in [0.3, 0.4) is 0 Å². The number of rotatable bonds is 8. The van der Waals surface area contributed by atoms with Gasteiger partial charge in [-0.05, 0) is 42.8 Å². The molecule has 0 bridgehead atoms. The van der Waals surface area contributed by atoms with Crippen LogP contribution in [-0.2, 0) is 14.8 Å². The summed E-state index contributed by atoms with van der Waals surface area (Å²) in [5.41, 5.74) is 1.67. The van der Waals surface area contributed by atoms with Crippen molar-refractivity contribution in [1.29, 1.82) is 0 Å². The zero-order chi connectivity index (χ0) is 21.6. The Morgan fingerprint density at radius 1 is 1.07 bits per heavy atom. The monoisotopic (exact) mass is 425 g/mol. The maximum absolute atomic E-state index is 13.4. The molecular formula is C22H23N3O4S. The van der Waals surface area contributed by atoms with Crippen LogP contribution in [0.4, 0.5) is 5.69 Å². The van der Waals surface area contributed by atoms with Gasteiger partial charge in [0.25, 0.3) is 0 Å². The number of aromatic nitrogens is 1. The van der Waals surface area contributed by atoms with Crippen molar-refractivity contribution in [2.75, 3.05) is 11.9 Å². The highest BCUT2D eigenvalue weighted by molar-refractivity contribution is 7.89. The van der Waals surface area contributed by atoms with E-state index in [1.54, 1.807) is 37.4 Å². The predicted octanol–water partition coefficient (Wildman–Crippen LogP) is 3.51. The van der Waals surface area contributed by atoms with Gasteiger partial charge in [0.2, 0.25) is 15.9 Å². The Morgan fingerprint density at radius 2 is 1.80 bits per heavy atom. The van der Waals surface area contributed by atoms with Crippen LogP contribution >= 0.6 is 0 Å². The van der Waals surface area contributed by atoms with Gasteiger partial charge in [-0.1, -0.05) is 36.4 Å². The lowest BCUT2D eigenvalue weighted by Gasteiger charge is -2.20. The molecule has 0 spiro atoms. The summed E-state index contributed by atoms with van der Waals surface area (Å²) in [6, 6.07) is 18.3. The minimum Gasteiger partial charge on any atom is -0.492 e. The number of benzene rings is 2. The van der Waals surface area contributed by atoms with Gasteiger partial charge in [0.15, 0.2) is 0 Å². The van der Waals surface area contributed by atoms with Gasteiger partial charge >= 0.3 is 0 Å². The second-order valence-electron chi connectivity index (χ2n) is 6.50. The standard InChI is InChI=1S/C22H23N3O4S/c1-3-29-20-13-12-18(24-16(2)26)15-21(20)30(27,28)25-22(17-9-5-4-6-10-17)19-11-7-8-14-23-19/h4-15,22,25H,3H2,1-2H3,(H,24,26)/t22-/m0/s1. The molecule has 0 aliphatic carbocycles. The van der Waals surface area contributed by atoms with Crippen LogP contribution in [0.15, 0.2) is 77.8 Å². The van der Waals surface area contributed by atoms with Crippen molar-refractivity contribution in [3.05, 3.63) is 84.2 Å². The van der Waals surface area contributed by atoms with Crippen LogP contribution in [-0.4, -0.2) is 25.9 Å². The van der Waals surface area contributed by atoms with Crippen molar-refractivity contribution in [2.24, 2.45) is 0 Å². The molecule has 30 heavy (non-hydrogen) atoms. The van der Waals surface area contributed by atoms with Crippen LogP contribution in [0.2, 0.25) is 0 Å². The molecule has 2 N–H and O–H groups in total. The fourth-order valence-corrected chi connectivity index (χ4v) is 4.35. The van der Waals surface area contributed by atoms with Gasteiger partial charge in [-0.25, -0.2) is 8.42 Å². The summed E-state index contributed by atoms with van der Waals surface area (Å²) in [5.74, 6) is -0.0990. The number of ether oxygens (including phenoxy) is 1. The molecule has 156 valence electrons. The molecule has 1 atom stereocenters. The quantitative estimate of drug-likeness (QED) is 0.576. The van der Waals surface area contributed by atoms with Crippen LogP contribution in [0.1, 0.15) is 31.1 Å². The Kier molecular flexibility index (Phi) is 6.81. The van der Waals surface area contributed by atoms with E-state index in [-0.39, 0.29) is 16.6 Å². The molecule has 0 saturated heterocycles. The van der Waals surface area contributed by atoms with Gasteiger partial charge in [-0.3, -0.25) is 9.78 Å². The van der Waals surface area contributed by atoms with Crippen molar-refractivity contribution in [3.63, 3.8) is 0 Å². The number of hydrogen-bond acceptors (Lipinski definition) is 5. The number of amides is 1. The van der Waals surface area contributed by atoms with E-state index in [9.17, 15) is 13.2 Å². The molecule has 0 aliphatic heterocycles. The average molecular weight is 426 g/mol. The Morgan fingerprint density at radius 3 is 2.43 bits per heavy atom. The number of nitrogens with one attached hydrogen (secondary N) is 2. The molecule has 1 heterocycles. The van der Waals surface area contributed by atoms with E-state index in [2.05, 4.69) is 15.0 Å². The summed E-state index contributed by atoms with van der Waals surface area (Å²) in [6.45, 7) is 3.42. The largest absolute Gasteiger partial charge is 0.492 e. The summed E-state index contributed by atoms with van der Waals surface area (Å²) in [7, 11) is -4.03. The molecule has 0 radical (unpaired) electrons.